The van der Waals surface area contributed by atoms with E-state index in [-0.39, 0.29) is 0 Å². The summed E-state index contributed by atoms with van der Waals surface area (Å²) in [6, 6.07) is 1.97. The van der Waals surface area contributed by atoms with E-state index in [1.165, 1.54) is 0 Å². The highest BCUT2D eigenvalue weighted by Crippen LogP contribution is 2.20. The van der Waals surface area contributed by atoms with Gasteiger partial charge in [-0.25, -0.2) is 0 Å². The van der Waals surface area contributed by atoms with Gasteiger partial charge in [0.1, 0.15) is 11.6 Å². The zero-order valence-corrected chi connectivity index (χ0v) is 12.3. The van der Waals surface area contributed by atoms with Crippen LogP contribution in [0.5, 0.6) is 0 Å². The van der Waals surface area contributed by atoms with Gasteiger partial charge in [-0.05, 0) is 18.8 Å². The molecule has 0 bridgehead atoms. The van der Waals surface area contributed by atoms with Gasteiger partial charge in [0.2, 0.25) is 5.95 Å². The van der Waals surface area contributed by atoms with Gasteiger partial charge in [0.15, 0.2) is 0 Å². The largest absolute Gasteiger partial charge is 0.381 e. The van der Waals surface area contributed by atoms with Crippen LogP contribution in [0.2, 0.25) is 0 Å². The highest BCUT2D eigenvalue weighted by molar-refractivity contribution is 5.52. The first-order valence-corrected chi connectivity index (χ1v) is 7.60. The Balaban J connectivity index is 1.62. The van der Waals surface area contributed by atoms with Crippen molar-refractivity contribution in [3.05, 3.63) is 6.07 Å². The highest BCUT2D eigenvalue weighted by Gasteiger charge is 2.16. The van der Waals surface area contributed by atoms with Gasteiger partial charge in [-0.3, -0.25) is 0 Å². The van der Waals surface area contributed by atoms with Crippen LogP contribution in [-0.4, -0.2) is 56.0 Å². The SMILES string of the molecule is Nc1nc(NCC2CCOCC2)cc(N2CCOCC2)n1. The van der Waals surface area contributed by atoms with E-state index in [1.807, 2.05) is 6.07 Å². The summed E-state index contributed by atoms with van der Waals surface area (Å²) >= 11 is 0. The van der Waals surface area contributed by atoms with Crippen LogP contribution in [0, 0.1) is 5.92 Å². The van der Waals surface area contributed by atoms with Crippen LogP contribution in [0.3, 0.4) is 0 Å². The lowest BCUT2D eigenvalue weighted by atomic mass is 10.0. The Kier molecular flexibility index (Phi) is 4.72. The van der Waals surface area contributed by atoms with Crippen molar-refractivity contribution in [1.82, 2.24) is 9.97 Å². The molecule has 0 aliphatic carbocycles. The van der Waals surface area contributed by atoms with Crippen molar-refractivity contribution in [1.29, 1.82) is 0 Å². The Bertz CT molecular complexity index is 459. The van der Waals surface area contributed by atoms with Gasteiger partial charge in [-0.15, -0.1) is 0 Å². The minimum absolute atomic E-state index is 0.313. The predicted octanol–water partition coefficient (Wildman–Crippen LogP) is 0.734. The van der Waals surface area contributed by atoms with E-state index < -0.39 is 0 Å². The Labute approximate surface area is 124 Å². The first-order valence-electron chi connectivity index (χ1n) is 7.60. The van der Waals surface area contributed by atoms with Crippen LogP contribution in [0.4, 0.5) is 17.6 Å². The number of anilines is 3. The van der Waals surface area contributed by atoms with Crippen LogP contribution in [-0.2, 0) is 9.47 Å². The summed E-state index contributed by atoms with van der Waals surface area (Å²) in [7, 11) is 0. The minimum atomic E-state index is 0.313. The third kappa shape index (κ3) is 3.95. The lowest BCUT2D eigenvalue weighted by molar-refractivity contribution is 0.0699. The topological polar surface area (TPSA) is 85.5 Å². The third-order valence-corrected chi connectivity index (χ3v) is 3.98. The average molecular weight is 293 g/mol. The summed E-state index contributed by atoms with van der Waals surface area (Å²) in [6.45, 7) is 5.77. The molecule has 0 aromatic carbocycles. The van der Waals surface area contributed by atoms with Crippen molar-refractivity contribution in [2.75, 3.05) is 62.0 Å². The molecule has 7 heteroatoms. The van der Waals surface area contributed by atoms with Gasteiger partial charge in [0.05, 0.1) is 13.2 Å². The number of ether oxygens (including phenoxy) is 2. The van der Waals surface area contributed by atoms with E-state index in [0.29, 0.717) is 11.9 Å². The second kappa shape index (κ2) is 6.91. The third-order valence-electron chi connectivity index (χ3n) is 3.98. The van der Waals surface area contributed by atoms with Crippen molar-refractivity contribution >= 4 is 17.6 Å². The summed E-state index contributed by atoms with van der Waals surface area (Å²) in [6.07, 6.45) is 2.20. The van der Waals surface area contributed by atoms with Gasteiger partial charge in [0, 0.05) is 38.9 Å². The molecule has 116 valence electrons. The Morgan fingerprint density at radius 2 is 1.86 bits per heavy atom. The zero-order chi connectivity index (χ0) is 14.5. The number of nitrogens with two attached hydrogens (primary N) is 1. The minimum Gasteiger partial charge on any atom is -0.381 e. The maximum absolute atomic E-state index is 5.83. The monoisotopic (exact) mass is 293 g/mol. The van der Waals surface area contributed by atoms with Crippen LogP contribution in [0.1, 0.15) is 12.8 Å². The van der Waals surface area contributed by atoms with E-state index in [4.69, 9.17) is 15.2 Å². The van der Waals surface area contributed by atoms with Crippen molar-refractivity contribution in [3.8, 4) is 0 Å². The number of hydrogen-bond acceptors (Lipinski definition) is 7. The molecule has 2 fully saturated rings. The molecule has 0 saturated carbocycles. The van der Waals surface area contributed by atoms with E-state index >= 15 is 0 Å². The van der Waals surface area contributed by atoms with Gasteiger partial charge < -0.3 is 25.4 Å². The van der Waals surface area contributed by atoms with Crippen LogP contribution < -0.4 is 16.0 Å². The smallest absolute Gasteiger partial charge is 0.223 e. The number of rotatable bonds is 4. The Hall–Kier alpha value is -1.60. The first kappa shape index (κ1) is 14.3. The molecule has 3 N–H and O–H groups in total. The second-order valence-electron chi connectivity index (χ2n) is 5.51. The van der Waals surface area contributed by atoms with E-state index in [0.717, 1.165) is 70.5 Å². The number of hydrogen-bond donors (Lipinski definition) is 2. The first-order chi connectivity index (χ1) is 10.3. The Morgan fingerprint density at radius 3 is 2.62 bits per heavy atom. The molecule has 2 saturated heterocycles. The molecular formula is C14H23N5O2. The molecule has 0 unspecified atom stereocenters. The van der Waals surface area contributed by atoms with E-state index in [2.05, 4.69) is 20.2 Å². The summed E-state index contributed by atoms with van der Waals surface area (Å²) < 4.78 is 10.7. The zero-order valence-electron chi connectivity index (χ0n) is 12.3. The fraction of sp³-hybridized carbons (Fsp3) is 0.714. The molecule has 21 heavy (non-hydrogen) atoms. The number of nitrogens with one attached hydrogen (secondary N) is 1. The number of aromatic nitrogens is 2. The Morgan fingerprint density at radius 1 is 1.14 bits per heavy atom. The number of nitrogen functional groups attached to an aromatic ring is 1. The summed E-state index contributed by atoms with van der Waals surface area (Å²) in [5.41, 5.74) is 5.83. The highest BCUT2D eigenvalue weighted by atomic mass is 16.5. The fourth-order valence-corrected chi connectivity index (χ4v) is 2.70. The van der Waals surface area contributed by atoms with Crippen molar-refractivity contribution in [3.63, 3.8) is 0 Å². The van der Waals surface area contributed by atoms with Gasteiger partial charge >= 0.3 is 0 Å². The fourth-order valence-electron chi connectivity index (χ4n) is 2.70. The maximum Gasteiger partial charge on any atom is 0.223 e. The van der Waals surface area contributed by atoms with Crippen LogP contribution >= 0.6 is 0 Å². The molecule has 1 aromatic heterocycles. The normalized spacial score (nSPS) is 20.5. The molecule has 1 aromatic rings. The predicted molar refractivity (Wildman–Crippen MR) is 81.5 cm³/mol. The molecule has 2 aliphatic heterocycles. The molecule has 0 spiro atoms. The summed E-state index contributed by atoms with van der Waals surface area (Å²) in [5, 5.41) is 3.39. The van der Waals surface area contributed by atoms with E-state index in [9.17, 15) is 0 Å². The standard InChI is InChI=1S/C14H23N5O2/c15-14-17-12(16-10-11-1-5-20-6-2-11)9-13(18-14)19-3-7-21-8-4-19/h9,11H,1-8,10H2,(H3,15,16,17,18). The van der Waals surface area contributed by atoms with Gasteiger partial charge in [-0.2, -0.15) is 9.97 Å². The number of nitrogens with zero attached hydrogens (tertiary/aromatic N) is 3. The van der Waals surface area contributed by atoms with Crippen molar-refractivity contribution < 1.29 is 9.47 Å². The molecule has 2 aliphatic rings. The van der Waals surface area contributed by atoms with Crippen LogP contribution in [0.25, 0.3) is 0 Å². The van der Waals surface area contributed by atoms with Crippen molar-refractivity contribution in [2.24, 2.45) is 5.92 Å². The second-order valence-corrected chi connectivity index (χ2v) is 5.51. The quantitative estimate of drug-likeness (QED) is 0.846. The van der Waals surface area contributed by atoms with Crippen molar-refractivity contribution in [2.45, 2.75) is 12.8 Å². The molecule has 0 radical (unpaired) electrons. The lowest BCUT2D eigenvalue weighted by Gasteiger charge is -2.28. The average Bonchev–Trinajstić information content (AvgIpc) is 2.54. The molecule has 0 atom stereocenters. The summed E-state index contributed by atoms with van der Waals surface area (Å²) in [5.74, 6) is 2.63. The molecule has 7 nitrogen and oxygen atoms in total. The molecule has 3 rings (SSSR count). The van der Waals surface area contributed by atoms with Gasteiger partial charge in [-0.1, -0.05) is 0 Å². The summed E-state index contributed by atoms with van der Waals surface area (Å²) in [4.78, 5) is 10.8. The van der Waals surface area contributed by atoms with Gasteiger partial charge in [0.25, 0.3) is 0 Å². The molecule has 0 amide bonds. The lowest BCUT2D eigenvalue weighted by Crippen LogP contribution is -2.37. The molecule has 3 heterocycles. The molecular weight excluding hydrogens is 270 g/mol. The maximum atomic E-state index is 5.83. The van der Waals surface area contributed by atoms with Crippen LogP contribution in [0.15, 0.2) is 6.07 Å². The number of morpholine rings is 1. The van der Waals surface area contributed by atoms with E-state index in [1.54, 1.807) is 0 Å².